The van der Waals surface area contributed by atoms with Gasteiger partial charge in [0.05, 0.1) is 11.8 Å². The zero-order chi connectivity index (χ0) is 11.0. The van der Waals surface area contributed by atoms with Gasteiger partial charge in [-0.3, -0.25) is 0 Å². The summed E-state index contributed by atoms with van der Waals surface area (Å²) in [5.74, 6) is 0.0574. The van der Waals surface area contributed by atoms with Crippen LogP contribution in [0.15, 0.2) is 17.0 Å². The molecule has 0 saturated heterocycles. The van der Waals surface area contributed by atoms with Gasteiger partial charge in [0.2, 0.25) is 0 Å². The molecule has 0 spiro atoms. The molecular weight excluding hydrogens is 252 g/mol. The summed E-state index contributed by atoms with van der Waals surface area (Å²) in [5.41, 5.74) is 5.65. The van der Waals surface area contributed by atoms with E-state index >= 15 is 0 Å². The number of nitrogens with one attached hydrogen (secondary N) is 1. The van der Waals surface area contributed by atoms with Crippen LogP contribution in [0.3, 0.4) is 0 Å². The van der Waals surface area contributed by atoms with Crippen LogP contribution in [0.25, 0.3) is 0 Å². The van der Waals surface area contributed by atoms with Gasteiger partial charge in [0.15, 0.2) is 5.56 Å². The summed E-state index contributed by atoms with van der Waals surface area (Å²) < 4.78 is 0. The number of hydrogen-bond acceptors (Lipinski definition) is 6. The maximum atomic E-state index is 9.64. The highest BCUT2D eigenvalue weighted by atomic mass is 35.5. The normalized spacial score (nSPS) is 19.6. The standard InChI is InChI=1S/C9H12N2O3S.ClH/c10-3-6(13)4-1-2-5(12)7-8(4)15-9(14)11-7;/h1-2,6,9,11-14H,3,10H2;1H. The molecule has 1 aliphatic rings. The van der Waals surface area contributed by atoms with Crippen LogP contribution < -0.4 is 11.1 Å². The monoisotopic (exact) mass is 264 g/mol. The Bertz CT molecular complexity index is 391. The fourth-order valence-corrected chi connectivity index (χ4v) is 2.53. The minimum Gasteiger partial charge on any atom is -0.506 e. The van der Waals surface area contributed by atoms with Gasteiger partial charge in [-0.2, -0.15) is 0 Å². The molecule has 90 valence electrons. The third-order valence-corrected chi connectivity index (χ3v) is 3.26. The van der Waals surface area contributed by atoms with Crippen LogP contribution in [-0.4, -0.2) is 27.4 Å². The molecule has 2 rings (SSSR count). The van der Waals surface area contributed by atoms with Gasteiger partial charge in [0.25, 0.3) is 0 Å². The highest BCUT2D eigenvalue weighted by Crippen LogP contribution is 2.46. The van der Waals surface area contributed by atoms with E-state index in [1.807, 2.05) is 0 Å². The van der Waals surface area contributed by atoms with E-state index in [4.69, 9.17) is 5.73 Å². The van der Waals surface area contributed by atoms with Crippen LogP contribution in [0.5, 0.6) is 5.75 Å². The highest BCUT2D eigenvalue weighted by Gasteiger charge is 2.27. The molecule has 0 bridgehead atoms. The van der Waals surface area contributed by atoms with E-state index in [-0.39, 0.29) is 24.7 Å². The van der Waals surface area contributed by atoms with Crippen LogP contribution in [0.4, 0.5) is 5.69 Å². The predicted octanol–water partition coefficient (Wildman–Crippen LogP) is 0.600. The van der Waals surface area contributed by atoms with Crippen LogP contribution in [0.1, 0.15) is 11.7 Å². The predicted molar refractivity (Wildman–Crippen MR) is 64.9 cm³/mol. The molecule has 0 fully saturated rings. The fraction of sp³-hybridized carbons (Fsp3) is 0.333. The number of anilines is 1. The number of fused-ring (bicyclic) bond motifs is 1. The van der Waals surface area contributed by atoms with E-state index in [0.717, 1.165) is 11.8 Å². The number of nitrogens with two attached hydrogens (primary N) is 1. The number of thioether (sulfide) groups is 1. The number of aromatic hydroxyl groups is 1. The quantitative estimate of drug-likeness (QED) is 0.502. The van der Waals surface area contributed by atoms with Crippen molar-refractivity contribution in [1.82, 2.24) is 0 Å². The second-order valence-corrected chi connectivity index (χ2v) is 4.33. The molecule has 1 aliphatic heterocycles. The zero-order valence-electron chi connectivity index (χ0n) is 8.25. The number of hydrogen-bond donors (Lipinski definition) is 5. The first-order valence-corrected chi connectivity index (χ1v) is 5.36. The lowest BCUT2D eigenvalue weighted by Crippen LogP contribution is -2.12. The maximum absolute atomic E-state index is 9.64. The molecule has 2 atom stereocenters. The minimum atomic E-state index is -0.794. The molecule has 0 radical (unpaired) electrons. The van der Waals surface area contributed by atoms with Crippen molar-refractivity contribution < 1.29 is 15.3 Å². The summed E-state index contributed by atoms with van der Waals surface area (Å²) in [6.45, 7) is 0.105. The Balaban J connectivity index is 0.00000128. The molecule has 0 aliphatic carbocycles. The molecule has 0 saturated carbocycles. The largest absolute Gasteiger partial charge is 0.506 e. The summed E-state index contributed by atoms with van der Waals surface area (Å²) in [6, 6.07) is 3.08. The van der Waals surface area contributed by atoms with Crippen LogP contribution in [0, 0.1) is 0 Å². The van der Waals surface area contributed by atoms with Crippen LogP contribution in [0.2, 0.25) is 0 Å². The van der Waals surface area contributed by atoms with Crippen molar-refractivity contribution in [3.63, 3.8) is 0 Å². The first-order chi connectivity index (χ1) is 7.13. The van der Waals surface area contributed by atoms with E-state index in [9.17, 15) is 15.3 Å². The fourth-order valence-electron chi connectivity index (χ4n) is 1.51. The number of phenols is 1. The smallest absolute Gasteiger partial charge is 0.178 e. The minimum absolute atomic E-state index is 0. The number of halogens is 1. The van der Waals surface area contributed by atoms with E-state index in [2.05, 4.69) is 5.32 Å². The Kier molecular flexibility index (Phi) is 4.28. The summed E-state index contributed by atoms with van der Waals surface area (Å²) in [6.07, 6.45) is -0.779. The number of benzene rings is 1. The third-order valence-electron chi connectivity index (χ3n) is 2.25. The lowest BCUT2D eigenvalue weighted by molar-refractivity contribution is 0.184. The Labute approximate surface area is 103 Å². The Hall–Kier alpha value is -0.660. The maximum Gasteiger partial charge on any atom is 0.178 e. The highest BCUT2D eigenvalue weighted by molar-refractivity contribution is 8.00. The molecule has 7 heteroatoms. The van der Waals surface area contributed by atoms with E-state index in [1.54, 1.807) is 6.07 Å². The van der Waals surface area contributed by atoms with Gasteiger partial charge >= 0.3 is 0 Å². The van der Waals surface area contributed by atoms with Crippen molar-refractivity contribution in [2.45, 2.75) is 16.6 Å². The summed E-state index contributed by atoms with van der Waals surface area (Å²) in [4.78, 5) is 0.653. The van der Waals surface area contributed by atoms with Gasteiger partial charge in [-0.25, -0.2) is 0 Å². The van der Waals surface area contributed by atoms with Crippen molar-refractivity contribution in [2.24, 2.45) is 5.73 Å². The lowest BCUT2D eigenvalue weighted by Gasteiger charge is -2.12. The lowest BCUT2D eigenvalue weighted by atomic mass is 10.1. The molecule has 2 unspecified atom stereocenters. The summed E-state index contributed by atoms with van der Waals surface area (Å²) >= 11 is 1.14. The Morgan fingerprint density at radius 2 is 2.19 bits per heavy atom. The first-order valence-electron chi connectivity index (χ1n) is 4.48. The molecule has 5 nitrogen and oxygen atoms in total. The van der Waals surface area contributed by atoms with Crippen molar-refractivity contribution in [1.29, 1.82) is 0 Å². The Morgan fingerprint density at radius 1 is 1.50 bits per heavy atom. The van der Waals surface area contributed by atoms with Gasteiger partial charge in [-0.15, -0.1) is 12.4 Å². The van der Waals surface area contributed by atoms with E-state index in [1.165, 1.54) is 6.07 Å². The van der Waals surface area contributed by atoms with E-state index < -0.39 is 11.7 Å². The van der Waals surface area contributed by atoms with Crippen molar-refractivity contribution in [3.05, 3.63) is 17.7 Å². The van der Waals surface area contributed by atoms with Gasteiger partial charge < -0.3 is 26.4 Å². The molecule has 16 heavy (non-hydrogen) atoms. The van der Waals surface area contributed by atoms with Crippen molar-refractivity contribution in [3.8, 4) is 5.75 Å². The summed E-state index contributed by atoms with van der Waals surface area (Å²) in [5, 5.41) is 31.3. The zero-order valence-corrected chi connectivity index (χ0v) is 9.88. The van der Waals surface area contributed by atoms with Gasteiger partial charge in [0, 0.05) is 11.4 Å². The number of aliphatic hydroxyl groups excluding tert-OH is 2. The van der Waals surface area contributed by atoms with Crippen LogP contribution in [-0.2, 0) is 0 Å². The van der Waals surface area contributed by atoms with Crippen molar-refractivity contribution in [2.75, 3.05) is 11.9 Å². The first kappa shape index (κ1) is 13.4. The number of phenolic OH excluding ortho intramolecular Hbond substituents is 1. The van der Waals surface area contributed by atoms with E-state index in [0.29, 0.717) is 16.1 Å². The average molecular weight is 265 g/mol. The van der Waals surface area contributed by atoms with Gasteiger partial charge in [-0.1, -0.05) is 17.8 Å². The topological polar surface area (TPSA) is 98.7 Å². The third kappa shape index (κ3) is 2.21. The van der Waals surface area contributed by atoms with Gasteiger partial charge in [-0.05, 0) is 11.6 Å². The molecule has 0 amide bonds. The van der Waals surface area contributed by atoms with Gasteiger partial charge in [0.1, 0.15) is 5.75 Å². The molecule has 0 aromatic heterocycles. The molecule has 1 heterocycles. The molecular formula is C9H13ClN2O3S. The number of aliphatic hydroxyl groups is 2. The molecule has 1 aromatic rings. The molecule has 6 N–H and O–H groups in total. The van der Waals surface area contributed by atoms with Crippen molar-refractivity contribution >= 4 is 29.9 Å². The Morgan fingerprint density at radius 3 is 2.81 bits per heavy atom. The number of rotatable bonds is 2. The molecule has 1 aromatic carbocycles. The second kappa shape index (κ2) is 5.11. The second-order valence-electron chi connectivity index (χ2n) is 3.24. The van der Waals surface area contributed by atoms with Crippen LogP contribution >= 0.6 is 24.2 Å². The summed E-state index contributed by atoms with van der Waals surface area (Å²) in [7, 11) is 0. The SMILES string of the molecule is Cl.NCC(O)c1ccc(O)c2c1SC(O)N2. The average Bonchev–Trinajstić information content (AvgIpc) is 2.60.